The molecule has 0 aliphatic rings. The summed E-state index contributed by atoms with van der Waals surface area (Å²) in [6.45, 7) is 1.86. The zero-order valence-corrected chi connectivity index (χ0v) is 8.88. The van der Waals surface area contributed by atoms with Gasteiger partial charge in [-0.3, -0.25) is 0 Å². The number of aromatic nitrogens is 2. The topological polar surface area (TPSA) is 61.0 Å². The van der Waals surface area contributed by atoms with Gasteiger partial charge in [0, 0.05) is 12.1 Å². The summed E-state index contributed by atoms with van der Waals surface area (Å²) in [6.07, 6.45) is -4.38. The highest BCUT2D eigenvalue weighted by atomic mass is 19.4. The maximum Gasteiger partial charge on any atom is 0.422 e. The van der Waals surface area contributed by atoms with Crippen LogP contribution in [0.25, 0.3) is 0 Å². The minimum atomic E-state index is -4.38. The highest BCUT2D eigenvalue weighted by molar-refractivity contribution is 5.18. The summed E-state index contributed by atoms with van der Waals surface area (Å²) in [4.78, 5) is 7.71. The predicted octanol–water partition coefficient (Wildman–Crippen LogP) is 1.75. The van der Waals surface area contributed by atoms with Crippen molar-refractivity contribution < 1.29 is 17.9 Å². The van der Waals surface area contributed by atoms with Crippen molar-refractivity contribution in [2.45, 2.75) is 26.1 Å². The fraction of sp³-hybridized carbons (Fsp3) is 0.556. The molecule has 0 spiro atoms. The first-order chi connectivity index (χ1) is 7.28. The van der Waals surface area contributed by atoms with E-state index < -0.39 is 12.8 Å². The van der Waals surface area contributed by atoms with Crippen molar-refractivity contribution in [2.75, 3.05) is 6.61 Å². The molecule has 1 aromatic heterocycles. The van der Waals surface area contributed by atoms with E-state index in [0.717, 1.165) is 0 Å². The SMILES string of the molecule is Cc1nc(OCC(F)(F)F)cc(C(C)N)n1. The third-order valence-corrected chi connectivity index (χ3v) is 1.68. The molecule has 1 rings (SSSR count). The summed E-state index contributed by atoms with van der Waals surface area (Å²) in [7, 11) is 0. The second-order valence-electron chi connectivity index (χ2n) is 3.37. The van der Waals surface area contributed by atoms with Crippen molar-refractivity contribution in [3.63, 3.8) is 0 Å². The first kappa shape index (κ1) is 12.7. The van der Waals surface area contributed by atoms with E-state index in [-0.39, 0.29) is 11.9 Å². The van der Waals surface area contributed by atoms with Crippen LogP contribution in [0, 0.1) is 6.92 Å². The maximum absolute atomic E-state index is 11.9. The molecular weight excluding hydrogens is 223 g/mol. The molecule has 0 saturated heterocycles. The molecule has 0 fully saturated rings. The van der Waals surface area contributed by atoms with Gasteiger partial charge in [0.1, 0.15) is 5.82 Å². The molecule has 7 heteroatoms. The van der Waals surface area contributed by atoms with Crippen molar-refractivity contribution >= 4 is 0 Å². The Labute approximate surface area is 90.6 Å². The molecule has 0 bridgehead atoms. The Morgan fingerprint density at radius 1 is 1.44 bits per heavy atom. The van der Waals surface area contributed by atoms with Crippen LogP contribution >= 0.6 is 0 Å². The van der Waals surface area contributed by atoms with Crippen LogP contribution in [0.2, 0.25) is 0 Å². The Morgan fingerprint density at radius 3 is 2.56 bits per heavy atom. The van der Waals surface area contributed by atoms with Crippen molar-refractivity contribution in [2.24, 2.45) is 5.73 Å². The summed E-state index contributed by atoms with van der Waals surface area (Å²) in [6, 6.07) is 0.929. The number of ether oxygens (including phenoxy) is 1. The van der Waals surface area contributed by atoms with Gasteiger partial charge in [-0.1, -0.05) is 0 Å². The number of hydrogen-bond acceptors (Lipinski definition) is 4. The third kappa shape index (κ3) is 4.01. The second kappa shape index (κ2) is 4.65. The van der Waals surface area contributed by atoms with E-state index in [0.29, 0.717) is 11.5 Å². The van der Waals surface area contributed by atoms with E-state index in [1.54, 1.807) is 13.8 Å². The summed E-state index contributed by atoms with van der Waals surface area (Å²) >= 11 is 0. The standard InChI is InChI=1S/C9H12F3N3O/c1-5(13)7-3-8(15-6(2)14-7)16-4-9(10,11)12/h3,5H,4,13H2,1-2H3. The van der Waals surface area contributed by atoms with Gasteiger partial charge in [0.25, 0.3) is 0 Å². The summed E-state index contributed by atoms with van der Waals surface area (Å²) < 4.78 is 40.2. The third-order valence-electron chi connectivity index (χ3n) is 1.68. The van der Waals surface area contributed by atoms with Crippen LogP contribution in [-0.2, 0) is 0 Å². The molecule has 0 radical (unpaired) electrons. The minimum Gasteiger partial charge on any atom is -0.468 e. The van der Waals surface area contributed by atoms with Crippen molar-refractivity contribution in [3.05, 3.63) is 17.6 Å². The number of alkyl halides is 3. The summed E-state index contributed by atoms with van der Waals surface area (Å²) in [5, 5.41) is 0. The van der Waals surface area contributed by atoms with Gasteiger partial charge in [0.05, 0.1) is 5.69 Å². The Kier molecular flexibility index (Phi) is 3.69. The van der Waals surface area contributed by atoms with Crippen LogP contribution in [-0.4, -0.2) is 22.8 Å². The minimum absolute atomic E-state index is 0.114. The van der Waals surface area contributed by atoms with Gasteiger partial charge < -0.3 is 10.5 Å². The molecule has 2 N–H and O–H groups in total. The Morgan fingerprint density at radius 2 is 2.06 bits per heavy atom. The molecule has 0 aliphatic carbocycles. The van der Waals surface area contributed by atoms with E-state index in [9.17, 15) is 13.2 Å². The number of nitrogens with zero attached hydrogens (tertiary/aromatic N) is 2. The van der Waals surface area contributed by atoms with Crippen LogP contribution in [0.15, 0.2) is 6.07 Å². The van der Waals surface area contributed by atoms with Crippen LogP contribution in [0.4, 0.5) is 13.2 Å². The second-order valence-corrected chi connectivity index (χ2v) is 3.37. The average Bonchev–Trinajstić information content (AvgIpc) is 2.13. The first-order valence-electron chi connectivity index (χ1n) is 4.58. The number of halogens is 3. The zero-order chi connectivity index (χ0) is 12.3. The molecule has 0 aromatic carbocycles. The largest absolute Gasteiger partial charge is 0.468 e. The summed E-state index contributed by atoms with van der Waals surface area (Å²) in [5.74, 6) is 0.212. The fourth-order valence-corrected chi connectivity index (χ4v) is 1.03. The lowest BCUT2D eigenvalue weighted by Gasteiger charge is -2.11. The lowest BCUT2D eigenvalue weighted by molar-refractivity contribution is -0.154. The van der Waals surface area contributed by atoms with Gasteiger partial charge in [-0.2, -0.15) is 18.2 Å². The predicted molar refractivity (Wildman–Crippen MR) is 50.9 cm³/mol. The average molecular weight is 235 g/mol. The normalized spacial score (nSPS) is 13.6. The van der Waals surface area contributed by atoms with Crippen molar-refractivity contribution in [1.82, 2.24) is 9.97 Å². The smallest absolute Gasteiger partial charge is 0.422 e. The first-order valence-corrected chi connectivity index (χ1v) is 4.58. The molecule has 0 aliphatic heterocycles. The van der Waals surface area contributed by atoms with Gasteiger partial charge in [0.15, 0.2) is 6.61 Å². The summed E-state index contributed by atoms with van der Waals surface area (Å²) in [5.41, 5.74) is 6.01. The molecule has 0 amide bonds. The molecule has 1 unspecified atom stereocenters. The molecule has 16 heavy (non-hydrogen) atoms. The molecule has 1 heterocycles. The number of rotatable bonds is 3. The van der Waals surface area contributed by atoms with E-state index >= 15 is 0 Å². The highest BCUT2D eigenvalue weighted by Crippen LogP contribution is 2.18. The Bertz CT molecular complexity index is 366. The Balaban J connectivity index is 2.81. The van der Waals surface area contributed by atoms with Gasteiger partial charge in [-0.15, -0.1) is 0 Å². The molecule has 0 saturated carbocycles. The monoisotopic (exact) mass is 235 g/mol. The van der Waals surface area contributed by atoms with Crippen LogP contribution in [0.5, 0.6) is 5.88 Å². The molecular formula is C9H12F3N3O. The molecule has 1 aromatic rings. The maximum atomic E-state index is 11.9. The molecule has 1 atom stereocenters. The van der Waals surface area contributed by atoms with Crippen molar-refractivity contribution in [3.8, 4) is 5.88 Å². The fourth-order valence-electron chi connectivity index (χ4n) is 1.03. The quantitative estimate of drug-likeness (QED) is 0.866. The van der Waals surface area contributed by atoms with E-state index in [1.165, 1.54) is 6.07 Å². The van der Waals surface area contributed by atoms with Gasteiger partial charge >= 0.3 is 6.18 Å². The number of nitrogens with two attached hydrogens (primary N) is 1. The Hall–Kier alpha value is -1.37. The van der Waals surface area contributed by atoms with Crippen LogP contribution in [0.3, 0.4) is 0 Å². The molecule has 90 valence electrons. The van der Waals surface area contributed by atoms with Gasteiger partial charge in [-0.05, 0) is 13.8 Å². The number of hydrogen-bond donors (Lipinski definition) is 1. The lowest BCUT2D eigenvalue weighted by atomic mass is 10.2. The number of aryl methyl sites for hydroxylation is 1. The highest BCUT2D eigenvalue weighted by Gasteiger charge is 2.28. The lowest BCUT2D eigenvalue weighted by Crippen LogP contribution is -2.20. The molecule has 4 nitrogen and oxygen atoms in total. The van der Waals surface area contributed by atoms with Crippen LogP contribution in [0.1, 0.15) is 24.5 Å². The van der Waals surface area contributed by atoms with E-state index in [2.05, 4.69) is 14.7 Å². The van der Waals surface area contributed by atoms with Gasteiger partial charge in [-0.25, -0.2) is 4.98 Å². The van der Waals surface area contributed by atoms with E-state index in [1.807, 2.05) is 0 Å². The zero-order valence-electron chi connectivity index (χ0n) is 8.88. The van der Waals surface area contributed by atoms with Gasteiger partial charge in [0.2, 0.25) is 5.88 Å². The van der Waals surface area contributed by atoms with Crippen LogP contribution < -0.4 is 10.5 Å². The van der Waals surface area contributed by atoms with E-state index in [4.69, 9.17) is 5.73 Å². The van der Waals surface area contributed by atoms with Crippen molar-refractivity contribution in [1.29, 1.82) is 0 Å².